The number of hydrogen-bond acceptors (Lipinski definition) is 1. The summed E-state index contributed by atoms with van der Waals surface area (Å²) in [7, 11) is 0. The third-order valence-electron chi connectivity index (χ3n) is 3.61. The van der Waals surface area contributed by atoms with Gasteiger partial charge in [0.05, 0.1) is 5.02 Å². The highest BCUT2D eigenvalue weighted by molar-refractivity contribution is 6.36. The van der Waals surface area contributed by atoms with Gasteiger partial charge in [-0.15, -0.1) is 6.42 Å². The molecule has 0 aliphatic heterocycles. The molecule has 0 unspecified atom stereocenters. The highest BCUT2D eigenvalue weighted by atomic mass is 35.5. The van der Waals surface area contributed by atoms with Gasteiger partial charge in [0.25, 0.3) is 0 Å². The Hall–Kier alpha value is -2.40. The molecular weight excluding hydrogens is 339 g/mol. The van der Waals surface area contributed by atoms with E-state index in [1.54, 1.807) is 12.1 Å². The zero-order valence-corrected chi connectivity index (χ0v) is 14.3. The van der Waals surface area contributed by atoms with Crippen LogP contribution in [0.15, 0.2) is 66.7 Å². The first-order chi connectivity index (χ1) is 11.7. The lowest BCUT2D eigenvalue weighted by Crippen LogP contribution is -1.97. The summed E-state index contributed by atoms with van der Waals surface area (Å²) in [5.74, 6) is 3.33. The molecule has 0 aliphatic rings. The van der Waals surface area contributed by atoms with E-state index < -0.39 is 0 Å². The van der Waals surface area contributed by atoms with Gasteiger partial charge >= 0.3 is 0 Å². The Morgan fingerprint density at radius 2 is 1.62 bits per heavy atom. The first-order valence-electron chi connectivity index (χ1n) is 7.40. The number of rotatable bonds is 4. The normalized spacial score (nSPS) is 10.2. The Bertz CT molecular complexity index is 895. The van der Waals surface area contributed by atoms with Crippen LogP contribution in [0.4, 0.5) is 0 Å². The maximum Gasteiger partial charge on any atom is 0.128 e. The van der Waals surface area contributed by atoms with Crippen molar-refractivity contribution in [3.05, 3.63) is 87.9 Å². The van der Waals surface area contributed by atoms with E-state index in [9.17, 15) is 0 Å². The van der Waals surface area contributed by atoms with E-state index in [-0.39, 0.29) is 0 Å². The molecule has 0 fully saturated rings. The molecule has 0 aliphatic carbocycles. The molecule has 1 nitrogen and oxygen atoms in total. The van der Waals surface area contributed by atoms with E-state index in [4.69, 9.17) is 34.4 Å². The van der Waals surface area contributed by atoms with Crippen LogP contribution in [0.3, 0.4) is 0 Å². The highest BCUT2D eigenvalue weighted by Crippen LogP contribution is 2.37. The maximum atomic E-state index is 6.35. The number of halogens is 2. The second kappa shape index (κ2) is 7.45. The van der Waals surface area contributed by atoms with E-state index in [2.05, 4.69) is 5.92 Å². The molecule has 0 N–H and O–H groups in total. The summed E-state index contributed by atoms with van der Waals surface area (Å²) in [5, 5.41) is 1.16. The van der Waals surface area contributed by atoms with Gasteiger partial charge in [-0.2, -0.15) is 0 Å². The van der Waals surface area contributed by atoms with E-state index in [0.29, 0.717) is 22.4 Å². The smallest absolute Gasteiger partial charge is 0.128 e. The van der Waals surface area contributed by atoms with Crippen LogP contribution in [0.1, 0.15) is 11.1 Å². The third kappa shape index (κ3) is 3.74. The molecule has 0 bridgehead atoms. The van der Waals surface area contributed by atoms with Crippen molar-refractivity contribution < 1.29 is 4.74 Å². The van der Waals surface area contributed by atoms with E-state index in [1.807, 2.05) is 54.6 Å². The van der Waals surface area contributed by atoms with Crippen molar-refractivity contribution in [1.29, 1.82) is 0 Å². The van der Waals surface area contributed by atoms with Crippen LogP contribution in [-0.4, -0.2) is 0 Å². The van der Waals surface area contributed by atoms with Crippen molar-refractivity contribution in [2.24, 2.45) is 0 Å². The summed E-state index contributed by atoms with van der Waals surface area (Å²) >= 11 is 12.3. The van der Waals surface area contributed by atoms with Crippen molar-refractivity contribution in [2.45, 2.75) is 6.61 Å². The molecule has 3 heteroatoms. The van der Waals surface area contributed by atoms with Crippen molar-refractivity contribution in [2.75, 3.05) is 0 Å². The summed E-state index contributed by atoms with van der Waals surface area (Å²) in [6.07, 6.45) is 5.52. The van der Waals surface area contributed by atoms with Crippen LogP contribution in [0.5, 0.6) is 5.75 Å². The van der Waals surface area contributed by atoms with Gasteiger partial charge in [-0.3, -0.25) is 0 Å². The minimum atomic E-state index is 0.451. The van der Waals surface area contributed by atoms with Gasteiger partial charge in [-0.25, -0.2) is 0 Å². The molecule has 118 valence electrons. The van der Waals surface area contributed by atoms with Crippen molar-refractivity contribution in [3.8, 4) is 29.2 Å². The minimum absolute atomic E-state index is 0.451. The average Bonchev–Trinajstić information content (AvgIpc) is 2.61. The van der Waals surface area contributed by atoms with E-state index >= 15 is 0 Å². The molecule has 0 amide bonds. The Labute approximate surface area is 151 Å². The van der Waals surface area contributed by atoms with Gasteiger partial charge in [0, 0.05) is 21.7 Å². The first kappa shape index (κ1) is 16.5. The molecule has 0 aromatic heterocycles. The summed E-state index contributed by atoms with van der Waals surface area (Å²) in [6.45, 7) is 0.451. The van der Waals surface area contributed by atoms with Gasteiger partial charge in [0.15, 0.2) is 0 Å². The molecule has 0 spiro atoms. The Morgan fingerprint density at radius 3 is 2.33 bits per heavy atom. The van der Waals surface area contributed by atoms with Crippen LogP contribution < -0.4 is 4.74 Å². The molecule has 24 heavy (non-hydrogen) atoms. The molecular formula is C21H14Cl2O. The lowest BCUT2D eigenvalue weighted by Gasteiger charge is -2.14. The van der Waals surface area contributed by atoms with E-state index in [0.717, 1.165) is 22.3 Å². The second-order valence-electron chi connectivity index (χ2n) is 5.25. The summed E-state index contributed by atoms with van der Waals surface area (Å²) < 4.78 is 6.02. The molecule has 0 radical (unpaired) electrons. The fourth-order valence-corrected chi connectivity index (χ4v) is 2.91. The predicted octanol–water partition coefficient (Wildman–Crippen LogP) is 6.22. The molecule has 3 aromatic rings. The zero-order valence-electron chi connectivity index (χ0n) is 12.8. The van der Waals surface area contributed by atoms with E-state index in [1.165, 1.54) is 0 Å². The largest absolute Gasteiger partial charge is 0.488 e. The molecule has 0 heterocycles. The second-order valence-corrected chi connectivity index (χ2v) is 6.10. The fourth-order valence-electron chi connectivity index (χ4n) is 2.40. The number of ether oxygens (including phenoxy) is 1. The summed E-state index contributed by atoms with van der Waals surface area (Å²) in [6, 6.07) is 21.0. The third-order valence-corrected chi connectivity index (χ3v) is 4.15. The fraction of sp³-hybridized carbons (Fsp3) is 0.0476. The quantitative estimate of drug-likeness (QED) is 0.506. The van der Waals surface area contributed by atoms with Crippen LogP contribution in [0.25, 0.3) is 11.1 Å². The predicted molar refractivity (Wildman–Crippen MR) is 101 cm³/mol. The van der Waals surface area contributed by atoms with Crippen LogP contribution >= 0.6 is 23.2 Å². The Morgan fingerprint density at radius 1 is 0.875 bits per heavy atom. The molecule has 3 aromatic carbocycles. The van der Waals surface area contributed by atoms with Crippen LogP contribution in [-0.2, 0) is 6.61 Å². The number of hydrogen-bond donors (Lipinski definition) is 0. The standard InChI is InChI=1S/C21H14Cl2O/c1-2-15-8-10-19(18-11-9-17(22)13-20(18)23)21(12-15)24-14-16-6-4-3-5-7-16/h1,3-13H,14H2. The molecule has 0 saturated heterocycles. The SMILES string of the molecule is C#Cc1ccc(-c2ccc(Cl)cc2Cl)c(OCc2ccccc2)c1. The lowest BCUT2D eigenvalue weighted by molar-refractivity contribution is 0.307. The maximum absolute atomic E-state index is 6.35. The van der Waals surface area contributed by atoms with Crippen LogP contribution in [0.2, 0.25) is 10.0 Å². The van der Waals surface area contributed by atoms with Gasteiger partial charge in [0.2, 0.25) is 0 Å². The zero-order chi connectivity index (χ0) is 16.9. The first-order valence-corrected chi connectivity index (χ1v) is 8.16. The van der Waals surface area contributed by atoms with Crippen LogP contribution in [0, 0.1) is 12.3 Å². The number of benzene rings is 3. The van der Waals surface area contributed by atoms with Gasteiger partial charge in [0.1, 0.15) is 12.4 Å². The summed E-state index contributed by atoms with van der Waals surface area (Å²) in [4.78, 5) is 0. The monoisotopic (exact) mass is 352 g/mol. The average molecular weight is 353 g/mol. The van der Waals surface area contributed by atoms with Gasteiger partial charge in [-0.1, -0.05) is 65.5 Å². The highest BCUT2D eigenvalue weighted by Gasteiger charge is 2.11. The molecule has 0 atom stereocenters. The van der Waals surface area contributed by atoms with Gasteiger partial charge in [-0.05, 0) is 35.9 Å². The number of terminal acetylenes is 1. The topological polar surface area (TPSA) is 9.23 Å². The molecule has 3 rings (SSSR count). The summed E-state index contributed by atoms with van der Waals surface area (Å²) in [5.41, 5.74) is 3.57. The Balaban J connectivity index is 1.98. The lowest BCUT2D eigenvalue weighted by atomic mass is 10.0. The van der Waals surface area contributed by atoms with Crippen molar-refractivity contribution in [1.82, 2.24) is 0 Å². The van der Waals surface area contributed by atoms with Crippen molar-refractivity contribution in [3.63, 3.8) is 0 Å². The molecule has 0 saturated carbocycles. The van der Waals surface area contributed by atoms with Gasteiger partial charge < -0.3 is 4.74 Å². The minimum Gasteiger partial charge on any atom is -0.488 e. The Kier molecular flexibility index (Phi) is 5.11. The van der Waals surface area contributed by atoms with Crippen molar-refractivity contribution >= 4 is 23.2 Å².